The third-order valence-electron chi connectivity index (χ3n) is 6.58. The van der Waals surface area contributed by atoms with Crippen molar-refractivity contribution in [2.45, 2.75) is 39.0 Å². The molecule has 3 aromatic heterocycles. The zero-order valence-electron chi connectivity index (χ0n) is 19.2. The van der Waals surface area contributed by atoms with Gasteiger partial charge >= 0.3 is 0 Å². The summed E-state index contributed by atoms with van der Waals surface area (Å²) in [5.74, 6) is 2.30. The number of halogens is 1. The first-order valence-corrected chi connectivity index (χ1v) is 11.6. The topological polar surface area (TPSA) is 78.5 Å². The van der Waals surface area contributed by atoms with Crippen LogP contribution in [0.2, 0.25) is 0 Å². The Bertz CT molecular complexity index is 1260. The lowest BCUT2D eigenvalue weighted by Gasteiger charge is -2.29. The molecule has 1 aliphatic heterocycles. The Balaban J connectivity index is 1.58. The van der Waals surface area contributed by atoms with E-state index in [1.54, 1.807) is 12.1 Å². The Hall–Kier alpha value is -3.32. The van der Waals surface area contributed by atoms with Gasteiger partial charge in [0.25, 0.3) is 0 Å². The first kappa shape index (κ1) is 21.5. The lowest BCUT2D eigenvalue weighted by atomic mass is 9.82. The molecule has 2 unspecified atom stereocenters. The molecular formula is C26H29FN6. The molecule has 1 fully saturated rings. The van der Waals surface area contributed by atoms with Crippen LogP contribution in [0.15, 0.2) is 48.9 Å². The Morgan fingerprint density at radius 3 is 2.70 bits per heavy atom. The van der Waals surface area contributed by atoms with Gasteiger partial charge in [-0.3, -0.25) is 0 Å². The van der Waals surface area contributed by atoms with E-state index in [4.69, 9.17) is 4.98 Å². The van der Waals surface area contributed by atoms with E-state index in [0.717, 1.165) is 53.2 Å². The molecule has 1 saturated heterocycles. The predicted octanol–water partition coefficient (Wildman–Crippen LogP) is 5.74. The number of aromatic nitrogens is 4. The van der Waals surface area contributed by atoms with Gasteiger partial charge in [0.1, 0.15) is 17.3 Å². The van der Waals surface area contributed by atoms with Crippen LogP contribution in [0, 0.1) is 11.7 Å². The fourth-order valence-electron chi connectivity index (χ4n) is 4.73. The normalized spacial score (nSPS) is 18.7. The van der Waals surface area contributed by atoms with Gasteiger partial charge < -0.3 is 15.6 Å². The van der Waals surface area contributed by atoms with Crippen LogP contribution < -0.4 is 10.6 Å². The van der Waals surface area contributed by atoms with Crippen LogP contribution in [-0.2, 0) is 0 Å². The van der Waals surface area contributed by atoms with Gasteiger partial charge in [0.05, 0.1) is 5.69 Å². The number of fused-ring (bicyclic) bond motifs is 1. The Morgan fingerprint density at radius 1 is 1.12 bits per heavy atom. The quantitative estimate of drug-likeness (QED) is 0.366. The van der Waals surface area contributed by atoms with Crippen molar-refractivity contribution in [3.63, 3.8) is 0 Å². The number of H-pyrrole nitrogens is 1. The number of hydrogen-bond acceptors (Lipinski definition) is 5. The van der Waals surface area contributed by atoms with Gasteiger partial charge in [-0.25, -0.2) is 19.3 Å². The smallest absolute Gasteiger partial charge is 0.161 e. The molecule has 0 amide bonds. The summed E-state index contributed by atoms with van der Waals surface area (Å²) in [4.78, 5) is 17.4. The van der Waals surface area contributed by atoms with Crippen LogP contribution in [0.25, 0.3) is 22.4 Å². The summed E-state index contributed by atoms with van der Waals surface area (Å²) in [5.41, 5.74) is 4.96. The summed E-state index contributed by atoms with van der Waals surface area (Å²) < 4.78 is 13.4. The number of anilines is 2. The summed E-state index contributed by atoms with van der Waals surface area (Å²) >= 11 is 0. The average molecular weight is 445 g/mol. The van der Waals surface area contributed by atoms with Crippen LogP contribution in [0.4, 0.5) is 15.9 Å². The third kappa shape index (κ3) is 4.20. The maximum atomic E-state index is 13.4. The molecule has 0 saturated carbocycles. The summed E-state index contributed by atoms with van der Waals surface area (Å²) in [5, 5.41) is 8.21. The van der Waals surface area contributed by atoms with Crippen LogP contribution in [0.1, 0.15) is 50.2 Å². The number of piperidine rings is 1. The molecule has 5 rings (SSSR count). The monoisotopic (exact) mass is 444 g/mol. The zero-order chi connectivity index (χ0) is 22.9. The molecular weight excluding hydrogens is 415 g/mol. The fraction of sp³-hybridized carbons (Fsp3) is 0.346. The van der Waals surface area contributed by atoms with Crippen molar-refractivity contribution in [3.05, 3.63) is 65.9 Å². The van der Waals surface area contributed by atoms with Gasteiger partial charge in [-0.2, -0.15) is 0 Å². The highest BCUT2D eigenvalue weighted by Crippen LogP contribution is 2.38. The summed E-state index contributed by atoms with van der Waals surface area (Å²) in [7, 11) is 0. The predicted molar refractivity (Wildman–Crippen MR) is 130 cm³/mol. The maximum absolute atomic E-state index is 13.4. The van der Waals surface area contributed by atoms with E-state index in [1.165, 1.54) is 17.7 Å². The van der Waals surface area contributed by atoms with Crippen molar-refractivity contribution in [1.29, 1.82) is 0 Å². The molecule has 4 heterocycles. The average Bonchev–Trinajstić information content (AvgIpc) is 3.25. The third-order valence-corrected chi connectivity index (χ3v) is 6.58. The van der Waals surface area contributed by atoms with Crippen LogP contribution >= 0.6 is 0 Å². The molecule has 2 atom stereocenters. The molecule has 7 heteroatoms. The van der Waals surface area contributed by atoms with E-state index in [1.807, 2.05) is 18.5 Å². The largest absolute Gasteiger partial charge is 0.346 e. The highest BCUT2D eigenvalue weighted by atomic mass is 19.1. The minimum absolute atomic E-state index is 0.238. The Kier molecular flexibility index (Phi) is 5.81. The molecule has 0 aliphatic carbocycles. The molecule has 0 radical (unpaired) electrons. The molecule has 1 aliphatic rings. The molecule has 6 nitrogen and oxygen atoms in total. The van der Waals surface area contributed by atoms with Crippen molar-refractivity contribution in [2.24, 2.45) is 5.92 Å². The second-order valence-electron chi connectivity index (χ2n) is 9.19. The number of hydrogen-bond donors (Lipinski definition) is 3. The van der Waals surface area contributed by atoms with E-state index in [2.05, 4.69) is 52.6 Å². The first-order valence-electron chi connectivity index (χ1n) is 11.6. The number of aromatic amines is 1. The van der Waals surface area contributed by atoms with Crippen molar-refractivity contribution in [2.75, 3.05) is 18.4 Å². The first-order chi connectivity index (χ1) is 16.0. The number of nitrogens with zero attached hydrogens (tertiary/aromatic N) is 3. The fourth-order valence-corrected chi connectivity index (χ4v) is 4.73. The molecule has 0 spiro atoms. The Labute approximate surface area is 193 Å². The summed E-state index contributed by atoms with van der Waals surface area (Å²) in [6.45, 7) is 8.60. The second-order valence-corrected chi connectivity index (χ2v) is 9.19. The van der Waals surface area contributed by atoms with E-state index in [-0.39, 0.29) is 11.7 Å². The molecule has 0 bridgehead atoms. The SMILES string of the molecule is CC(C)c1cnc(-c2ccc(F)cc2)nc1Nc1ccnc2[nH]cc(C3CCNCC3C)c12. The van der Waals surface area contributed by atoms with Gasteiger partial charge in [-0.1, -0.05) is 20.8 Å². The van der Waals surface area contributed by atoms with Crippen LogP contribution in [-0.4, -0.2) is 33.0 Å². The second kappa shape index (κ2) is 8.90. The van der Waals surface area contributed by atoms with Crippen molar-refractivity contribution < 1.29 is 4.39 Å². The number of benzene rings is 1. The number of pyridine rings is 1. The summed E-state index contributed by atoms with van der Waals surface area (Å²) in [6, 6.07) is 8.28. The van der Waals surface area contributed by atoms with Gasteiger partial charge in [0.15, 0.2) is 5.82 Å². The van der Waals surface area contributed by atoms with Crippen LogP contribution in [0.5, 0.6) is 0 Å². The van der Waals surface area contributed by atoms with Crippen LogP contribution in [0.3, 0.4) is 0 Å². The lowest BCUT2D eigenvalue weighted by molar-refractivity contribution is 0.351. The van der Waals surface area contributed by atoms with Gasteiger partial charge in [0.2, 0.25) is 0 Å². The molecule has 1 aromatic carbocycles. The Morgan fingerprint density at radius 2 is 1.94 bits per heavy atom. The van der Waals surface area contributed by atoms with Gasteiger partial charge in [-0.05, 0) is 73.2 Å². The molecule has 4 aromatic rings. The molecule has 3 N–H and O–H groups in total. The number of nitrogens with one attached hydrogen (secondary N) is 3. The van der Waals surface area contributed by atoms with Gasteiger partial charge in [-0.15, -0.1) is 0 Å². The number of rotatable bonds is 5. The standard InChI is InChI=1S/C26H29FN6/c1-15(2)20-13-30-24(17-4-6-18(27)7-5-17)33-25(20)32-22-9-11-29-26-23(22)21(14-31-26)19-8-10-28-12-16(19)3/h4-7,9,11,13-16,19,28H,8,10,12H2,1-3H3,(H2,29,30,31,32,33). The van der Waals surface area contributed by atoms with Crippen molar-refractivity contribution in [3.8, 4) is 11.4 Å². The zero-order valence-corrected chi connectivity index (χ0v) is 19.2. The molecule has 33 heavy (non-hydrogen) atoms. The van der Waals surface area contributed by atoms with Crippen molar-refractivity contribution >= 4 is 22.5 Å². The highest BCUT2D eigenvalue weighted by Gasteiger charge is 2.26. The van der Waals surface area contributed by atoms with E-state index in [0.29, 0.717) is 17.7 Å². The lowest BCUT2D eigenvalue weighted by Crippen LogP contribution is -2.33. The van der Waals surface area contributed by atoms with E-state index >= 15 is 0 Å². The minimum atomic E-state index is -0.276. The molecule has 170 valence electrons. The maximum Gasteiger partial charge on any atom is 0.161 e. The van der Waals surface area contributed by atoms with E-state index in [9.17, 15) is 4.39 Å². The van der Waals surface area contributed by atoms with E-state index < -0.39 is 0 Å². The van der Waals surface area contributed by atoms with Gasteiger partial charge in [0, 0.05) is 35.1 Å². The summed E-state index contributed by atoms with van der Waals surface area (Å²) in [6.07, 6.45) is 6.89. The van der Waals surface area contributed by atoms with Crippen molar-refractivity contribution in [1.82, 2.24) is 25.3 Å². The minimum Gasteiger partial charge on any atom is -0.346 e. The highest BCUT2D eigenvalue weighted by molar-refractivity contribution is 5.94.